The maximum atomic E-state index is 10.2. The molecule has 0 aromatic heterocycles. The zero-order valence-electron chi connectivity index (χ0n) is 11.7. The first-order valence-electron chi connectivity index (χ1n) is 6.81. The van der Waals surface area contributed by atoms with Gasteiger partial charge in [0.25, 0.3) is 0 Å². The summed E-state index contributed by atoms with van der Waals surface area (Å²) in [6, 6.07) is 6.48. The fourth-order valence-electron chi connectivity index (χ4n) is 2.36. The van der Waals surface area contributed by atoms with Gasteiger partial charge in [-0.1, -0.05) is 50.5 Å². The lowest BCUT2D eigenvalue weighted by molar-refractivity contribution is 0.139. The van der Waals surface area contributed by atoms with E-state index in [1.807, 2.05) is 0 Å². The number of rotatable bonds is 6. The summed E-state index contributed by atoms with van der Waals surface area (Å²) in [6.07, 6.45) is 3.87. The third-order valence-corrected chi connectivity index (χ3v) is 3.72. The van der Waals surface area contributed by atoms with Crippen molar-refractivity contribution in [2.45, 2.75) is 59.5 Å². The van der Waals surface area contributed by atoms with E-state index >= 15 is 0 Å². The fourth-order valence-corrected chi connectivity index (χ4v) is 2.36. The van der Waals surface area contributed by atoms with E-state index in [9.17, 15) is 5.11 Å². The normalized spacial score (nSPS) is 13.1. The van der Waals surface area contributed by atoms with Gasteiger partial charge in [0.1, 0.15) is 0 Å². The summed E-state index contributed by atoms with van der Waals surface area (Å²) >= 11 is 0. The largest absolute Gasteiger partial charge is 0.393 e. The van der Waals surface area contributed by atoms with Gasteiger partial charge in [-0.15, -0.1) is 0 Å². The molecule has 0 aliphatic rings. The van der Waals surface area contributed by atoms with Crippen LogP contribution in [-0.4, -0.2) is 11.2 Å². The molecule has 1 aromatic carbocycles. The zero-order valence-corrected chi connectivity index (χ0v) is 11.7. The van der Waals surface area contributed by atoms with Crippen molar-refractivity contribution in [3.63, 3.8) is 0 Å². The van der Waals surface area contributed by atoms with Crippen LogP contribution in [0.4, 0.5) is 0 Å². The third kappa shape index (κ3) is 4.51. The highest BCUT2D eigenvalue weighted by Gasteiger charge is 2.13. The highest BCUT2D eigenvalue weighted by Crippen LogP contribution is 2.19. The first kappa shape index (κ1) is 14.2. The van der Waals surface area contributed by atoms with Gasteiger partial charge in [-0.3, -0.25) is 0 Å². The molecule has 0 saturated heterocycles. The van der Waals surface area contributed by atoms with E-state index in [4.69, 9.17) is 0 Å². The van der Waals surface area contributed by atoms with Crippen LogP contribution in [0, 0.1) is 19.8 Å². The Hall–Kier alpha value is -0.820. The summed E-state index contributed by atoms with van der Waals surface area (Å²) < 4.78 is 0. The van der Waals surface area contributed by atoms with Gasteiger partial charge in [-0.25, -0.2) is 0 Å². The van der Waals surface area contributed by atoms with E-state index < -0.39 is 0 Å². The molecular weight excluding hydrogens is 208 g/mol. The minimum Gasteiger partial charge on any atom is -0.393 e. The Bertz CT molecular complexity index is 339. The van der Waals surface area contributed by atoms with Crippen molar-refractivity contribution in [1.82, 2.24) is 0 Å². The van der Waals surface area contributed by atoms with Crippen LogP contribution in [0.3, 0.4) is 0 Å². The highest BCUT2D eigenvalue weighted by atomic mass is 16.3. The molecule has 0 aliphatic carbocycles. The fraction of sp³-hybridized carbons (Fsp3) is 0.625. The highest BCUT2D eigenvalue weighted by molar-refractivity contribution is 5.30. The van der Waals surface area contributed by atoms with Gasteiger partial charge in [0, 0.05) is 0 Å². The Kier molecular flexibility index (Phi) is 5.70. The van der Waals surface area contributed by atoms with Crippen LogP contribution < -0.4 is 0 Å². The molecule has 96 valence electrons. The first-order valence-corrected chi connectivity index (χ1v) is 6.81. The molecule has 0 aliphatic heterocycles. The van der Waals surface area contributed by atoms with Gasteiger partial charge in [0.15, 0.2) is 0 Å². The first-order chi connectivity index (χ1) is 8.06. The van der Waals surface area contributed by atoms with Crippen LogP contribution in [0.2, 0.25) is 0 Å². The molecule has 1 rings (SSSR count). The van der Waals surface area contributed by atoms with E-state index in [2.05, 4.69) is 45.9 Å². The average molecular weight is 234 g/mol. The van der Waals surface area contributed by atoms with E-state index in [-0.39, 0.29) is 6.10 Å². The Balaban J connectivity index is 2.61. The van der Waals surface area contributed by atoms with E-state index in [0.29, 0.717) is 5.92 Å². The molecule has 1 atom stereocenters. The molecule has 17 heavy (non-hydrogen) atoms. The van der Waals surface area contributed by atoms with Crippen LogP contribution in [0.1, 0.15) is 49.8 Å². The Morgan fingerprint density at radius 2 is 1.76 bits per heavy atom. The molecule has 0 saturated carbocycles. The lowest BCUT2D eigenvalue weighted by Crippen LogP contribution is -2.16. The van der Waals surface area contributed by atoms with Gasteiger partial charge >= 0.3 is 0 Å². The zero-order chi connectivity index (χ0) is 12.8. The van der Waals surface area contributed by atoms with Crippen molar-refractivity contribution in [2.24, 2.45) is 5.92 Å². The molecule has 0 spiro atoms. The molecule has 1 N–H and O–H groups in total. The van der Waals surface area contributed by atoms with Crippen molar-refractivity contribution in [3.05, 3.63) is 34.9 Å². The van der Waals surface area contributed by atoms with Crippen LogP contribution in [-0.2, 0) is 6.42 Å². The van der Waals surface area contributed by atoms with Crippen LogP contribution in [0.5, 0.6) is 0 Å². The summed E-state index contributed by atoms with van der Waals surface area (Å²) in [5, 5.41) is 10.2. The number of hydrogen-bond donors (Lipinski definition) is 1. The predicted octanol–water partition coefficient (Wildman–Crippen LogP) is 4.03. The van der Waals surface area contributed by atoms with Gasteiger partial charge < -0.3 is 5.11 Å². The Labute approximate surface area is 106 Å². The van der Waals surface area contributed by atoms with Crippen LogP contribution in [0.25, 0.3) is 0 Å². The number of benzene rings is 1. The number of aliphatic hydroxyl groups excluding tert-OH is 1. The molecule has 1 aromatic rings. The molecule has 1 unspecified atom stereocenters. The quantitative estimate of drug-likeness (QED) is 0.788. The average Bonchev–Trinajstić information content (AvgIpc) is 2.31. The summed E-state index contributed by atoms with van der Waals surface area (Å²) in [6.45, 7) is 8.65. The monoisotopic (exact) mass is 234 g/mol. The van der Waals surface area contributed by atoms with Gasteiger partial charge in [-0.05, 0) is 43.7 Å². The van der Waals surface area contributed by atoms with Crippen LogP contribution in [0.15, 0.2) is 18.2 Å². The molecule has 0 heterocycles. The lowest BCUT2D eigenvalue weighted by Gasteiger charge is -2.18. The molecular formula is C16H26O. The summed E-state index contributed by atoms with van der Waals surface area (Å²) in [5.41, 5.74) is 3.86. The molecule has 0 radical (unpaired) electrons. The second-order valence-electron chi connectivity index (χ2n) is 5.21. The standard InChI is InChI=1S/C16H26O/c1-5-14(6-2)10-16(17)11-15-9-12(3)7-8-13(15)4/h7-9,14,16-17H,5-6,10-11H2,1-4H3. The SMILES string of the molecule is CCC(CC)CC(O)Cc1cc(C)ccc1C. The second kappa shape index (κ2) is 6.80. The Morgan fingerprint density at radius 3 is 2.35 bits per heavy atom. The third-order valence-electron chi connectivity index (χ3n) is 3.72. The molecule has 0 fully saturated rings. The minimum atomic E-state index is -0.194. The molecule has 1 heteroatoms. The topological polar surface area (TPSA) is 20.2 Å². The number of aryl methyl sites for hydroxylation is 2. The van der Waals surface area contributed by atoms with E-state index in [1.54, 1.807) is 0 Å². The van der Waals surface area contributed by atoms with E-state index in [1.165, 1.54) is 29.5 Å². The lowest BCUT2D eigenvalue weighted by atomic mass is 9.91. The second-order valence-corrected chi connectivity index (χ2v) is 5.21. The molecule has 0 amide bonds. The van der Waals surface area contributed by atoms with Crippen LogP contribution >= 0.6 is 0 Å². The number of aliphatic hydroxyl groups is 1. The van der Waals surface area contributed by atoms with Crippen molar-refractivity contribution in [1.29, 1.82) is 0 Å². The van der Waals surface area contributed by atoms with Crippen molar-refractivity contribution in [3.8, 4) is 0 Å². The van der Waals surface area contributed by atoms with Crippen molar-refractivity contribution >= 4 is 0 Å². The summed E-state index contributed by atoms with van der Waals surface area (Å²) in [4.78, 5) is 0. The summed E-state index contributed by atoms with van der Waals surface area (Å²) in [5.74, 6) is 0.662. The number of hydrogen-bond acceptors (Lipinski definition) is 1. The predicted molar refractivity (Wildman–Crippen MR) is 74.3 cm³/mol. The minimum absolute atomic E-state index is 0.194. The van der Waals surface area contributed by atoms with Gasteiger partial charge in [-0.2, -0.15) is 0 Å². The maximum Gasteiger partial charge on any atom is 0.0583 e. The van der Waals surface area contributed by atoms with E-state index in [0.717, 1.165) is 12.8 Å². The Morgan fingerprint density at radius 1 is 1.12 bits per heavy atom. The molecule has 0 bridgehead atoms. The van der Waals surface area contributed by atoms with Crippen molar-refractivity contribution in [2.75, 3.05) is 0 Å². The van der Waals surface area contributed by atoms with Crippen molar-refractivity contribution < 1.29 is 5.11 Å². The molecule has 1 nitrogen and oxygen atoms in total. The van der Waals surface area contributed by atoms with Gasteiger partial charge in [0.05, 0.1) is 6.10 Å². The maximum absolute atomic E-state index is 10.2. The van der Waals surface area contributed by atoms with Gasteiger partial charge in [0.2, 0.25) is 0 Å². The smallest absolute Gasteiger partial charge is 0.0583 e. The summed E-state index contributed by atoms with van der Waals surface area (Å²) in [7, 11) is 0.